The highest BCUT2D eigenvalue weighted by molar-refractivity contribution is 5.94. The number of primary amides is 1. The second kappa shape index (κ2) is 7.24. The molecular weight excluding hydrogens is 220 g/mol. The lowest BCUT2D eigenvalue weighted by molar-refractivity contribution is -0.121. The number of piperidine rings is 1. The number of nitrogens with two attached hydrogens (primary N) is 1. The lowest BCUT2D eigenvalue weighted by Gasteiger charge is -2.29. The average molecular weight is 242 g/mol. The number of imide groups is 1. The van der Waals surface area contributed by atoms with Crippen LogP contribution in [0.2, 0.25) is 0 Å². The van der Waals surface area contributed by atoms with E-state index in [4.69, 9.17) is 5.73 Å². The van der Waals surface area contributed by atoms with Gasteiger partial charge in [-0.25, -0.2) is 4.79 Å². The average Bonchev–Trinajstić information content (AvgIpc) is 2.28. The van der Waals surface area contributed by atoms with E-state index in [9.17, 15) is 9.59 Å². The number of nitrogens with zero attached hydrogens (tertiary/aromatic N) is 1. The van der Waals surface area contributed by atoms with Crippen molar-refractivity contribution in [1.29, 1.82) is 0 Å². The maximum Gasteiger partial charge on any atom is 0.318 e. The summed E-state index contributed by atoms with van der Waals surface area (Å²) in [5.41, 5.74) is 4.89. The minimum absolute atomic E-state index is 0.220. The molecule has 1 unspecified atom stereocenters. The monoisotopic (exact) mass is 242 g/mol. The van der Waals surface area contributed by atoms with Crippen LogP contribution in [0.3, 0.4) is 0 Å². The lowest BCUT2D eigenvalue weighted by Crippen LogP contribution is -2.48. The summed E-state index contributed by atoms with van der Waals surface area (Å²) in [5, 5.41) is 5.52. The van der Waals surface area contributed by atoms with Gasteiger partial charge in [-0.3, -0.25) is 15.0 Å². The van der Waals surface area contributed by atoms with Crippen LogP contribution in [0.25, 0.3) is 0 Å². The van der Waals surface area contributed by atoms with E-state index in [1.165, 1.54) is 12.8 Å². The standard InChI is InChI=1S/C11H22N4O2/c1-2-15(8-10(16)14-11(12)17)7-9-5-3-4-6-13-9/h9,13H,2-8H2,1H3,(H3,12,14,16,17). The van der Waals surface area contributed by atoms with E-state index in [1.807, 2.05) is 11.8 Å². The molecule has 1 aliphatic rings. The number of carbonyl (C=O) groups excluding carboxylic acids is 2. The van der Waals surface area contributed by atoms with Gasteiger partial charge in [-0.2, -0.15) is 0 Å². The zero-order valence-electron chi connectivity index (χ0n) is 10.4. The van der Waals surface area contributed by atoms with Crippen LogP contribution in [0.1, 0.15) is 26.2 Å². The number of likely N-dealkylation sites (N-methyl/N-ethyl adjacent to an activating group) is 1. The van der Waals surface area contributed by atoms with E-state index in [0.717, 1.165) is 26.1 Å². The van der Waals surface area contributed by atoms with Crippen LogP contribution < -0.4 is 16.4 Å². The number of carbonyl (C=O) groups is 2. The summed E-state index contributed by atoms with van der Waals surface area (Å²) in [7, 11) is 0. The Morgan fingerprint density at radius 2 is 2.24 bits per heavy atom. The molecule has 0 aromatic carbocycles. The van der Waals surface area contributed by atoms with Crippen molar-refractivity contribution in [2.24, 2.45) is 5.73 Å². The van der Waals surface area contributed by atoms with E-state index in [0.29, 0.717) is 6.04 Å². The van der Waals surface area contributed by atoms with Crippen LogP contribution in [0.5, 0.6) is 0 Å². The third kappa shape index (κ3) is 5.65. The summed E-state index contributed by atoms with van der Waals surface area (Å²) in [6.45, 7) is 4.89. The minimum atomic E-state index is -0.790. The van der Waals surface area contributed by atoms with Crippen molar-refractivity contribution >= 4 is 11.9 Å². The summed E-state index contributed by atoms with van der Waals surface area (Å²) in [5.74, 6) is -0.338. The van der Waals surface area contributed by atoms with E-state index in [1.54, 1.807) is 0 Å². The van der Waals surface area contributed by atoms with Crippen LogP contribution in [0.4, 0.5) is 4.79 Å². The first kappa shape index (κ1) is 13.9. The highest BCUT2D eigenvalue weighted by Crippen LogP contribution is 2.08. The number of urea groups is 1. The Balaban J connectivity index is 2.31. The van der Waals surface area contributed by atoms with Crippen LogP contribution >= 0.6 is 0 Å². The van der Waals surface area contributed by atoms with Gasteiger partial charge in [-0.1, -0.05) is 13.3 Å². The lowest BCUT2D eigenvalue weighted by atomic mass is 10.0. The molecule has 98 valence electrons. The zero-order chi connectivity index (χ0) is 12.7. The molecule has 0 aromatic heterocycles. The normalized spacial score (nSPS) is 20.2. The molecule has 1 aliphatic heterocycles. The molecule has 0 aromatic rings. The van der Waals surface area contributed by atoms with Crippen LogP contribution in [-0.2, 0) is 4.79 Å². The second-order valence-electron chi connectivity index (χ2n) is 4.39. The maximum absolute atomic E-state index is 11.4. The molecule has 4 N–H and O–H groups in total. The fourth-order valence-electron chi connectivity index (χ4n) is 2.08. The van der Waals surface area contributed by atoms with Crippen molar-refractivity contribution in [3.63, 3.8) is 0 Å². The summed E-state index contributed by atoms with van der Waals surface area (Å²) in [6, 6.07) is -0.341. The topological polar surface area (TPSA) is 87.5 Å². The van der Waals surface area contributed by atoms with E-state index < -0.39 is 6.03 Å². The Morgan fingerprint density at radius 3 is 2.76 bits per heavy atom. The largest absolute Gasteiger partial charge is 0.351 e. The van der Waals surface area contributed by atoms with Crippen molar-refractivity contribution in [3.8, 4) is 0 Å². The third-order valence-electron chi connectivity index (χ3n) is 2.97. The van der Waals surface area contributed by atoms with Gasteiger partial charge in [-0.15, -0.1) is 0 Å². The molecule has 0 saturated carbocycles. The van der Waals surface area contributed by atoms with Gasteiger partial charge in [-0.05, 0) is 25.9 Å². The number of amides is 3. The van der Waals surface area contributed by atoms with Gasteiger partial charge in [0.1, 0.15) is 0 Å². The fraction of sp³-hybridized carbons (Fsp3) is 0.818. The molecule has 6 heteroatoms. The van der Waals surface area contributed by atoms with E-state index >= 15 is 0 Å². The Kier molecular flexibility index (Phi) is 5.93. The summed E-state index contributed by atoms with van der Waals surface area (Å²) < 4.78 is 0. The predicted octanol–water partition coefficient (Wildman–Crippen LogP) is -0.355. The van der Waals surface area contributed by atoms with Crippen molar-refractivity contribution in [2.45, 2.75) is 32.2 Å². The number of hydrogen-bond donors (Lipinski definition) is 3. The third-order valence-corrected chi connectivity index (χ3v) is 2.97. The molecule has 1 fully saturated rings. The maximum atomic E-state index is 11.4. The molecule has 1 rings (SSSR count). The first-order chi connectivity index (χ1) is 8.11. The van der Waals surface area contributed by atoms with Gasteiger partial charge in [0.2, 0.25) is 5.91 Å². The molecule has 0 bridgehead atoms. The van der Waals surface area contributed by atoms with Crippen LogP contribution in [0.15, 0.2) is 0 Å². The number of rotatable bonds is 5. The van der Waals surface area contributed by atoms with Crippen molar-refractivity contribution in [1.82, 2.24) is 15.5 Å². The molecule has 1 atom stereocenters. The Hall–Kier alpha value is -1.14. The van der Waals surface area contributed by atoms with Gasteiger partial charge in [0.05, 0.1) is 6.54 Å². The molecule has 17 heavy (non-hydrogen) atoms. The second-order valence-corrected chi connectivity index (χ2v) is 4.39. The summed E-state index contributed by atoms with van der Waals surface area (Å²) in [4.78, 5) is 23.9. The number of nitrogens with one attached hydrogen (secondary N) is 2. The van der Waals surface area contributed by atoms with Crippen molar-refractivity contribution in [3.05, 3.63) is 0 Å². The Morgan fingerprint density at radius 1 is 1.47 bits per heavy atom. The molecule has 3 amide bonds. The Labute approximate surface area is 102 Å². The molecule has 0 spiro atoms. The van der Waals surface area contributed by atoms with Gasteiger partial charge < -0.3 is 11.1 Å². The summed E-state index contributed by atoms with van der Waals surface area (Å²) in [6.07, 6.45) is 3.61. The van der Waals surface area contributed by atoms with Crippen LogP contribution in [0, 0.1) is 0 Å². The summed E-state index contributed by atoms with van der Waals surface area (Å²) >= 11 is 0. The number of hydrogen-bond acceptors (Lipinski definition) is 4. The van der Waals surface area contributed by atoms with E-state index in [-0.39, 0.29) is 12.5 Å². The predicted molar refractivity (Wildman–Crippen MR) is 65.5 cm³/mol. The molecule has 1 heterocycles. The SMILES string of the molecule is CCN(CC(=O)NC(N)=O)CC1CCCCN1. The van der Waals surface area contributed by atoms with Crippen molar-refractivity contribution < 1.29 is 9.59 Å². The van der Waals surface area contributed by atoms with E-state index in [2.05, 4.69) is 10.6 Å². The molecule has 0 aliphatic carbocycles. The quantitative estimate of drug-likeness (QED) is 0.614. The van der Waals surface area contributed by atoms with Gasteiger partial charge in [0.25, 0.3) is 0 Å². The van der Waals surface area contributed by atoms with Crippen LogP contribution in [-0.4, -0.2) is 49.1 Å². The fourth-order valence-corrected chi connectivity index (χ4v) is 2.08. The van der Waals surface area contributed by atoms with Gasteiger partial charge in [0.15, 0.2) is 0 Å². The van der Waals surface area contributed by atoms with Gasteiger partial charge >= 0.3 is 6.03 Å². The van der Waals surface area contributed by atoms with Crippen molar-refractivity contribution in [2.75, 3.05) is 26.2 Å². The smallest absolute Gasteiger partial charge is 0.318 e. The Bertz CT molecular complexity index is 264. The highest BCUT2D eigenvalue weighted by Gasteiger charge is 2.17. The first-order valence-electron chi connectivity index (χ1n) is 6.16. The minimum Gasteiger partial charge on any atom is -0.351 e. The molecule has 0 radical (unpaired) electrons. The highest BCUT2D eigenvalue weighted by atomic mass is 16.2. The molecular formula is C11H22N4O2. The van der Waals surface area contributed by atoms with Gasteiger partial charge in [0, 0.05) is 12.6 Å². The molecule has 6 nitrogen and oxygen atoms in total. The zero-order valence-corrected chi connectivity index (χ0v) is 10.4. The molecule has 1 saturated heterocycles. The first-order valence-corrected chi connectivity index (χ1v) is 6.16.